The number of aliphatic carboxylic acids is 1. The first kappa shape index (κ1) is 34.6. The predicted octanol–water partition coefficient (Wildman–Crippen LogP) is 1.08. The van der Waals surface area contributed by atoms with Gasteiger partial charge in [0.2, 0.25) is 17.7 Å². The van der Waals surface area contributed by atoms with E-state index in [2.05, 4.69) is 26.1 Å². The van der Waals surface area contributed by atoms with Crippen LogP contribution in [-0.4, -0.2) is 82.7 Å². The van der Waals surface area contributed by atoms with Gasteiger partial charge < -0.3 is 40.6 Å². The number of nitrogens with zero attached hydrogens (tertiary/aromatic N) is 3. The molecule has 6 N–H and O–H groups in total. The molecule has 1 fully saturated rings. The number of carbonyl (C=O) groups is 5. The molecule has 5 rings (SSSR count). The number of rotatable bonds is 14. The molecule has 1 aromatic heterocycles. The zero-order chi connectivity index (χ0) is 34.4. The van der Waals surface area contributed by atoms with E-state index in [-0.39, 0.29) is 45.9 Å². The second-order valence-corrected chi connectivity index (χ2v) is 13.0. The summed E-state index contributed by atoms with van der Waals surface area (Å²) in [6.07, 6.45) is -1.51. The lowest BCUT2D eigenvalue weighted by Crippen LogP contribution is -2.70. The Morgan fingerprint density at radius 1 is 0.979 bits per heavy atom. The van der Waals surface area contributed by atoms with E-state index in [0.29, 0.717) is 6.54 Å². The molecular weight excluding hydrogens is 665 g/mol. The summed E-state index contributed by atoms with van der Waals surface area (Å²) in [6, 6.07) is 16.0. The average Bonchev–Trinajstić information content (AvgIpc) is 3.53. The smallest absolute Gasteiger partial charge is 0.319 e. The summed E-state index contributed by atoms with van der Waals surface area (Å²) >= 11 is 1.71. The van der Waals surface area contributed by atoms with Gasteiger partial charge in [-0.1, -0.05) is 91.1 Å². The molecule has 2 aliphatic heterocycles. The number of aliphatic hydroxyl groups is 2. The maximum absolute atomic E-state index is 13.6. The van der Waals surface area contributed by atoms with Gasteiger partial charge in [0.1, 0.15) is 11.8 Å². The highest BCUT2D eigenvalue weighted by molar-refractivity contribution is 8.02. The van der Waals surface area contributed by atoms with Crippen molar-refractivity contribution in [3.05, 3.63) is 89.5 Å². The summed E-state index contributed by atoms with van der Waals surface area (Å²) < 4.78 is 5.61. The molecule has 3 aromatic rings. The molecule has 48 heavy (non-hydrogen) atoms. The highest BCUT2D eigenvalue weighted by Gasteiger charge is 2.59. The first-order valence-electron chi connectivity index (χ1n) is 14.8. The van der Waals surface area contributed by atoms with Gasteiger partial charge in [-0.05, 0) is 17.5 Å². The van der Waals surface area contributed by atoms with E-state index in [1.54, 1.807) is 36.4 Å². The number of hydrogen-bond donors (Lipinski definition) is 6. The van der Waals surface area contributed by atoms with Crippen molar-refractivity contribution in [1.29, 1.82) is 0 Å². The van der Waals surface area contributed by atoms with Crippen molar-refractivity contribution in [2.24, 2.45) is 5.92 Å². The summed E-state index contributed by atoms with van der Waals surface area (Å²) in [5, 5.41) is 46.6. The number of thioether (sulfide) groups is 2. The summed E-state index contributed by atoms with van der Waals surface area (Å²) in [6.45, 7) is 2.39. The van der Waals surface area contributed by atoms with Crippen LogP contribution in [0.3, 0.4) is 0 Å². The van der Waals surface area contributed by atoms with Gasteiger partial charge in [-0.2, -0.15) is 0 Å². The first-order valence-corrected chi connectivity index (χ1v) is 16.7. The fraction of sp³-hybridized carbons (Fsp3) is 0.323. The number of fused-ring (bicyclic) bond motifs is 1. The van der Waals surface area contributed by atoms with Crippen LogP contribution in [0.2, 0.25) is 0 Å². The fourth-order valence-corrected chi connectivity index (χ4v) is 7.43. The minimum atomic E-state index is -1.98. The number of aromatic nitrogens is 2. The third-order valence-electron chi connectivity index (χ3n) is 7.40. The molecule has 3 heterocycles. The minimum absolute atomic E-state index is 0.0276. The van der Waals surface area contributed by atoms with Gasteiger partial charge in [0.25, 0.3) is 17.0 Å². The predicted molar refractivity (Wildman–Crippen MR) is 171 cm³/mol. The van der Waals surface area contributed by atoms with Gasteiger partial charge in [0.15, 0.2) is 23.1 Å². The number of amides is 4. The van der Waals surface area contributed by atoms with Crippen molar-refractivity contribution < 1.29 is 43.7 Å². The van der Waals surface area contributed by atoms with Gasteiger partial charge in [0, 0.05) is 24.1 Å². The van der Waals surface area contributed by atoms with Crippen LogP contribution in [0.1, 0.15) is 42.6 Å². The Hall–Kier alpha value is -4.71. The number of β-lactam (4-membered cyclic amide) rings is 1. The molecule has 2 aliphatic rings. The van der Waals surface area contributed by atoms with Crippen LogP contribution in [0, 0.1) is 5.92 Å². The number of hydrogen-bond acceptors (Lipinski definition) is 12. The number of carboxylic acids is 1. The van der Waals surface area contributed by atoms with E-state index in [1.165, 1.54) is 35.4 Å². The van der Waals surface area contributed by atoms with Crippen LogP contribution in [0.25, 0.3) is 0 Å². The number of benzene rings is 2. The molecule has 4 atom stereocenters. The van der Waals surface area contributed by atoms with Crippen molar-refractivity contribution in [1.82, 2.24) is 31.0 Å². The lowest BCUT2D eigenvalue weighted by Gasteiger charge is -2.52. The average molecular weight is 697 g/mol. The second-order valence-electron chi connectivity index (χ2n) is 10.8. The highest BCUT2D eigenvalue weighted by atomic mass is 32.2. The van der Waals surface area contributed by atoms with E-state index in [1.807, 2.05) is 6.92 Å². The fourth-order valence-electron chi connectivity index (χ4n) is 4.91. The molecule has 0 spiro atoms. The third kappa shape index (κ3) is 7.54. The maximum Gasteiger partial charge on any atom is 0.319 e. The van der Waals surface area contributed by atoms with Crippen molar-refractivity contribution in [2.75, 3.05) is 12.3 Å². The van der Waals surface area contributed by atoms with E-state index >= 15 is 0 Å². The van der Waals surface area contributed by atoms with E-state index in [9.17, 15) is 39.3 Å². The molecule has 17 heteroatoms. The Balaban J connectivity index is 1.48. The monoisotopic (exact) mass is 696 g/mol. The van der Waals surface area contributed by atoms with E-state index in [0.717, 1.165) is 29.9 Å². The highest BCUT2D eigenvalue weighted by Crippen LogP contribution is 2.49. The summed E-state index contributed by atoms with van der Waals surface area (Å²) in [4.78, 5) is 63.4. The molecule has 0 saturated carbocycles. The lowest BCUT2D eigenvalue weighted by molar-refractivity contribution is -0.161. The quantitative estimate of drug-likeness (QED) is 0.0602. The van der Waals surface area contributed by atoms with E-state index < -0.39 is 52.2 Å². The first-order chi connectivity index (χ1) is 23.0. The SMILES string of the molecule is CCCNC(=O)Cc1nnc(SCC2=CN3C(=O)C(C(=O)O)[C@H]3SC2(NC(=O)C(O)c2ccccc2)NC(=O)C(O)c2ccccc2)o1. The maximum atomic E-state index is 13.6. The topological polar surface area (TPSA) is 224 Å². The van der Waals surface area contributed by atoms with Crippen LogP contribution >= 0.6 is 23.5 Å². The summed E-state index contributed by atoms with van der Waals surface area (Å²) in [5.74, 6) is -5.89. The van der Waals surface area contributed by atoms with Crippen LogP contribution in [-0.2, 0) is 30.4 Å². The van der Waals surface area contributed by atoms with Crippen LogP contribution in [0.4, 0.5) is 0 Å². The zero-order valence-corrected chi connectivity index (χ0v) is 27.1. The molecule has 2 aromatic carbocycles. The zero-order valence-electron chi connectivity index (χ0n) is 25.4. The molecular formula is C31H32N6O9S2. The Kier molecular flexibility index (Phi) is 10.8. The molecule has 252 valence electrons. The molecule has 0 bridgehead atoms. The standard InChI is InChI=1S/C31H32N6O9S2/c1-2-13-32-20(38)14-21-35-36-30(46-21)47-16-19-15-37-27(43)22(29(44)45)28(37)48-31(19,33-25(41)23(39)17-9-5-3-6-10-17)34-26(42)24(40)18-11-7-4-8-12-18/h3-12,15,22-24,28,39-40H,2,13-14,16H2,1H3,(H,32,38)(H,33,41)(H,34,42)(H,44,45)/t22?,23?,24?,28-,31?/m1/s1. The molecule has 4 amide bonds. The van der Waals surface area contributed by atoms with Gasteiger partial charge in [-0.3, -0.25) is 24.0 Å². The van der Waals surface area contributed by atoms with Crippen LogP contribution in [0.15, 0.2) is 82.1 Å². The van der Waals surface area contributed by atoms with E-state index in [4.69, 9.17) is 4.42 Å². The van der Waals surface area contributed by atoms with Gasteiger partial charge in [-0.15, -0.1) is 10.2 Å². The summed E-state index contributed by atoms with van der Waals surface area (Å²) in [5.41, 5.74) is 0.645. The van der Waals surface area contributed by atoms with Gasteiger partial charge in [-0.25, -0.2) is 0 Å². The molecule has 3 unspecified atom stereocenters. The normalized spacial score (nSPS) is 21.2. The number of carboxylic acid groups (broad SMARTS) is 1. The van der Waals surface area contributed by atoms with Crippen molar-refractivity contribution >= 4 is 53.1 Å². The molecule has 0 aliphatic carbocycles. The van der Waals surface area contributed by atoms with Crippen LogP contribution in [0.5, 0.6) is 0 Å². The molecule has 1 saturated heterocycles. The minimum Gasteiger partial charge on any atom is -0.481 e. The number of aliphatic hydroxyl groups excluding tert-OH is 2. The Morgan fingerprint density at radius 3 is 2.10 bits per heavy atom. The Bertz CT molecular complexity index is 1640. The van der Waals surface area contributed by atoms with Crippen molar-refractivity contribution in [3.63, 3.8) is 0 Å². The second kappa shape index (κ2) is 15.0. The molecule has 15 nitrogen and oxygen atoms in total. The third-order valence-corrected chi connectivity index (χ3v) is 9.83. The Labute approximate surface area is 282 Å². The van der Waals surface area contributed by atoms with Gasteiger partial charge >= 0.3 is 5.97 Å². The molecule has 0 radical (unpaired) electrons. The van der Waals surface area contributed by atoms with Crippen LogP contribution < -0.4 is 16.0 Å². The van der Waals surface area contributed by atoms with Gasteiger partial charge in [0.05, 0.1) is 0 Å². The largest absolute Gasteiger partial charge is 0.481 e. The lowest BCUT2D eigenvalue weighted by atomic mass is 9.98. The Morgan fingerprint density at radius 2 is 1.56 bits per heavy atom. The number of carbonyl (C=O) groups excluding carboxylic acids is 4. The van der Waals surface area contributed by atoms with Crippen molar-refractivity contribution in [2.45, 2.75) is 47.6 Å². The van der Waals surface area contributed by atoms with Crippen molar-refractivity contribution in [3.8, 4) is 0 Å². The summed E-state index contributed by atoms with van der Waals surface area (Å²) in [7, 11) is 0. The number of nitrogens with one attached hydrogen (secondary N) is 3.